The molecule has 1 spiro atoms. The molecule has 246 valence electrons. The number of aliphatic imine (C=N–C) groups is 1. The van der Waals surface area contributed by atoms with Crippen molar-refractivity contribution >= 4 is 11.3 Å². The maximum atomic E-state index is 13.9. The van der Waals surface area contributed by atoms with Gasteiger partial charge in [0.25, 0.3) is 0 Å². The summed E-state index contributed by atoms with van der Waals surface area (Å²) in [4.78, 5) is 7.13. The van der Waals surface area contributed by atoms with E-state index < -0.39 is 11.6 Å². The van der Waals surface area contributed by atoms with Crippen molar-refractivity contribution in [1.82, 2.24) is 4.90 Å². The van der Waals surface area contributed by atoms with Crippen LogP contribution < -0.4 is 0 Å². The van der Waals surface area contributed by atoms with Crippen molar-refractivity contribution in [3.8, 4) is 0 Å². The third-order valence-electron chi connectivity index (χ3n) is 8.68. The highest BCUT2D eigenvalue weighted by Gasteiger charge is 2.45. The first-order valence-electron chi connectivity index (χ1n) is 17.0. The Hall–Kier alpha value is -2.59. The van der Waals surface area contributed by atoms with E-state index in [1.807, 2.05) is 13.8 Å². The molecule has 2 aliphatic heterocycles. The standard InChI is InChI=1S/C26H32F2N2.C10H20.C2H6.C2H4/c1-4-6-19(14-30-16-26(17-30)13-18(3)29-15-26)11-23(20-7-8-20)22(5-2)21-9-10-24(27)25(28)12-21;1-5-8-10(4,7-3)9-6-2;2*1-2/h4,6,9-12,20H,5,7-8,13-17H2,1-3H3;7H,3,5-6,8-9H2,1-2,4H3;1-2H3;1-2H2/b6-4+,19-11+,23-22-;;;. The van der Waals surface area contributed by atoms with E-state index in [-0.39, 0.29) is 0 Å². The van der Waals surface area contributed by atoms with Crippen molar-refractivity contribution < 1.29 is 8.78 Å². The summed E-state index contributed by atoms with van der Waals surface area (Å²) in [5, 5.41) is 0. The van der Waals surface area contributed by atoms with E-state index in [4.69, 9.17) is 0 Å². The van der Waals surface area contributed by atoms with E-state index in [0.717, 1.165) is 50.2 Å². The van der Waals surface area contributed by atoms with Crippen molar-refractivity contribution in [2.45, 2.75) is 107 Å². The lowest BCUT2D eigenvalue weighted by molar-refractivity contribution is 0.0288. The van der Waals surface area contributed by atoms with Gasteiger partial charge in [-0.15, -0.1) is 19.7 Å². The lowest BCUT2D eigenvalue weighted by atomic mass is 9.77. The van der Waals surface area contributed by atoms with Crippen LogP contribution in [0.2, 0.25) is 0 Å². The van der Waals surface area contributed by atoms with E-state index in [1.165, 1.54) is 67.5 Å². The summed E-state index contributed by atoms with van der Waals surface area (Å²) in [7, 11) is 0. The molecule has 0 radical (unpaired) electrons. The number of nitrogens with zero attached hydrogens (tertiary/aromatic N) is 2. The molecule has 1 aromatic carbocycles. The molecule has 0 unspecified atom stereocenters. The van der Waals surface area contributed by atoms with Crippen LogP contribution in [0.3, 0.4) is 0 Å². The molecule has 0 N–H and O–H groups in total. The van der Waals surface area contributed by atoms with Crippen LogP contribution >= 0.6 is 0 Å². The fourth-order valence-corrected chi connectivity index (χ4v) is 6.58. The van der Waals surface area contributed by atoms with Crippen LogP contribution in [0.25, 0.3) is 5.57 Å². The summed E-state index contributed by atoms with van der Waals surface area (Å²) < 4.78 is 27.4. The minimum absolute atomic E-state index is 0.375. The molecule has 2 nitrogen and oxygen atoms in total. The number of allylic oxidation sites excluding steroid dienone is 5. The van der Waals surface area contributed by atoms with E-state index in [9.17, 15) is 8.78 Å². The Kier molecular flexibility index (Phi) is 17.7. The van der Waals surface area contributed by atoms with Crippen LogP contribution in [0.5, 0.6) is 0 Å². The number of hydrogen-bond donors (Lipinski definition) is 0. The highest BCUT2D eigenvalue weighted by molar-refractivity contribution is 5.84. The fraction of sp³-hybridized carbons (Fsp3) is 0.575. The Bertz CT molecular complexity index is 1140. The molecule has 1 aromatic rings. The number of likely N-dealkylation sites (tertiary alicyclic amines) is 1. The van der Waals surface area contributed by atoms with E-state index >= 15 is 0 Å². The quantitative estimate of drug-likeness (QED) is 0.170. The van der Waals surface area contributed by atoms with E-state index in [2.05, 4.69) is 95.5 Å². The normalized spacial score (nSPS) is 18.1. The molecule has 4 rings (SSSR count). The maximum Gasteiger partial charge on any atom is 0.159 e. The molecule has 4 heteroatoms. The molecule has 1 saturated heterocycles. The average Bonchev–Trinajstić information content (AvgIpc) is 3.78. The van der Waals surface area contributed by atoms with Crippen LogP contribution in [0.15, 0.2) is 78.4 Å². The van der Waals surface area contributed by atoms with Crippen molar-refractivity contribution in [2.24, 2.45) is 21.7 Å². The van der Waals surface area contributed by atoms with Crippen LogP contribution in [-0.2, 0) is 0 Å². The Morgan fingerprint density at radius 3 is 2.11 bits per heavy atom. The van der Waals surface area contributed by atoms with Crippen molar-refractivity contribution in [2.75, 3.05) is 26.2 Å². The van der Waals surface area contributed by atoms with Crippen LogP contribution in [0.4, 0.5) is 8.78 Å². The summed E-state index contributed by atoms with van der Waals surface area (Å²) >= 11 is 0. The van der Waals surface area contributed by atoms with Gasteiger partial charge in [-0.3, -0.25) is 9.89 Å². The molecular formula is C40H62F2N2. The third-order valence-corrected chi connectivity index (χ3v) is 8.68. The maximum absolute atomic E-state index is 13.9. The lowest BCUT2D eigenvalue weighted by Crippen LogP contribution is -2.57. The zero-order valence-corrected chi connectivity index (χ0v) is 29.4. The monoisotopic (exact) mass is 608 g/mol. The van der Waals surface area contributed by atoms with Gasteiger partial charge < -0.3 is 0 Å². The third kappa shape index (κ3) is 11.7. The number of rotatable bonds is 12. The summed E-state index contributed by atoms with van der Waals surface area (Å²) in [6, 6.07) is 4.30. The Balaban J connectivity index is 0.000000587. The second-order valence-electron chi connectivity index (χ2n) is 12.6. The number of benzene rings is 1. The van der Waals surface area contributed by atoms with Gasteiger partial charge in [0.2, 0.25) is 0 Å². The van der Waals surface area contributed by atoms with Gasteiger partial charge in [-0.25, -0.2) is 8.78 Å². The highest BCUT2D eigenvalue weighted by Crippen LogP contribution is 2.43. The second kappa shape index (κ2) is 19.7. The van der Waals surface area contributed by atoms with E-state index in [1.54, 1.807) is 6.07 Å². The van der Waals surface area contributed by atoms with Gasteiger partial charge in [-0.2, -0.15) is 0 Å². The van der Waals surface area contributed by atoms with Gasteiger partial charge in [0.1, 0.15) is 0 Å². The number of hydrogen-bond acceptors (Lipinski definition) is 2. The zero-order valence-electron chi connectivity index (χ0n) is 29.4. The van der Waals surface area contributed by atoms with E-state index in [0.29, 0.717) is 16.7 Å². The van der Waals surface area contributed by atoms with Gasteiger partial charge in [0.05, 0.1) is 0 Å². The molecule has 0 atom stereocenters. The average molecular weight is 609 g/mol. The van der Waals surface area contributed by atoms with Gasteiger partial charge in [-0.1, -0.05) is 84.8 Å². The molecular weight excluding hydrogens is 546 g/mol. The Morgan fingerprint density at radius 1 is 1.07 bits per heavy atom. The fourth-order valence-electron chi connectivity index (χ4n) is 6.58. The Labute approximate surface area is 269 Å². The largest absolute Gasteiger partial charge is 0.298 e. The molecule has 2 heterocycles. The summed E-state index contributed by atoms with van der Waals surface area (Å²) in [5.41, 5.74) is 6.60. The highest BCUT2D eigenvalue weighted by atomic mass is 19.2. The first-order valence-corrected chi connectivity index (χ1v) is 17.0. The molecule has 0 aromatic heterocycles. The first-order chi connectivity index (χ1) is 21.1. The molecule has 44 heavy (non-hydrogen) atoms. The van der Waals surface area contributed by atoms with Crippen LogP contribution in [0.1, 0.15) is 112 Å². The molecule has 0 bridgehead atoms. The SMILES string of the molecule is C/C=C/C(=C\C(=C(/CC)c1ccc(F)c(F)c1)C1CC1)CN1CC2(CN=C(C)C2)C1.C=C.C=CC(C)(CCC)CCC.CC. The van der Waals surface area contributed by atoms with Gasteiger partial charge in [0, 0.05) is 37.3 Å². The van der Waals surface area contributed by atoms with Crippen LogP contribution in [-0.4, -0.2) is 36.8 Å². The van der Waals surface area contributed by atoms with Crippen LogP contribution in [0, 0.1) is 28.4 Å². The second-order valence-corrected chi connectivity index (χ2v) is 12.6. The number of halogens is 2. The summed E-state index contributed by atoms with van der Waals surface area (Å²) in [6.07, 6.45) is 18.1. The molecule has 2 fully saturated rings. The van der Waals surface area contributed by atoms with Crippen molar-refractivity contribution in [1.29, 1.82) is 0 Å². The Morgan fingerprint density at radius 2 is 1.68 bits per heavy atom. The summed E-state index contributed by atoms with van der Waals surface area (Å²) in [5.74, 6) is -1.03. The smallest absolute Gasteiger partial charge is 0.159 e. The van der Waals surface area contributed by atoms with Gasteiger partial charge in [0.15, 0.2) is 11.6 Å². The molecule has 0 amide bonds. The molecule has 3 aliphatic rings. The molecule has 1 saturated carbocycles. The zero-order chi connectivity index (χ0) is 33.3. The van der Waals surface area contributed by atoms with Crippen molar-refractivity contribution in [3.63, 3.8) is 0 Å². The van der Waals surface area contributed by atoms with Gasteiger partial charge in [-0.05, 0) is 98.1 Å². The minimum Gasteiger partial charge on any atom is -0.298 e. The summed E-state index contributed by atoms with van der Waals surface area (Å²) in [6.45, 7) is 31.0. The van der Waals surface area contributed by atoms with Gasteiger partial charge >= 0.3 is 0 Å². The predicted octanol–water partition coefficient (Wildman–Crippen LogP) is 11.8. The van der Waals surface area contributed by atoms with Crippen molar-refractivity contribution in [3.05, 3.63) is 90.6 Å². The molecule has 1 aliphatic carbocycles. The minimum atomic E-state index is -0.787. The lowest BCUT2D eigenvalue weighted by Gasteiger charge is -2.48. The predicted molar refractivity (Wildman–Crippen MR) is 191 cm³/mol. The topological polar surface area (TPSA) is 15.6 Å². The first kappa shape index (κ1) is 39.4.